The average Bonchev–Trinajstić information content (AvgIpc) is 3.51. The van der Waals surface area contributed by atoms with Crippen LogP contribution in [0.4, 0.5) is 0 Å². The first-order chi connectivity index (χ1) is 14.2. The molecule has 6 heterocycles. The highest BCUT2D eigenvalue weighted by atomic mass is 32.3. The van der Waals surface area contributed by atoms with E-state index in [-0.39, 0.29) is 0 Å². The molecule has 6 aliphatic heterocycles. The number of fused-ring (bicyclic) bond motifs is 1. The summed E-state index contributed by atoms with van der Waals surface area (Å²) in [7, 11) is 0. The highest BCUT2D eigenvalue weighted by Crippen LogP contribution is 2.73. The molecule has 0 saturated carbocycles. The molecule has 6 aliphatic rings. The highest BCUT2D eigenvalue weighted by Gasteiger charge is 2.42. The van der Waals surface area contributed by atoms with E-state index in [2.05, 4.69) is 36.0 Å². The van der Waals surface area contributed by atoms with Gasteiger partial charge in [-0.3, -0.25) is 0 Å². The number of hydrogen-bond donors (Lipinski definition) is 0. The van der Waals surface area contributed by atoms with E-state index in [1.807, 2.05) is 118 Å². The van der Waals surface area contributed by atoms with Crippen LogP contribution in [-0.2, 0) is 4.74 Å². The minimum atomic E-state index is 0.649. The van der Waals surface area contributed by atoms with Crippen molar-refractivity contribution in [3.05, 3.63) is 42.4 Å². The van der Waals surface area contributed by atoms with E-state index in [0.717, 1.165) is 13.2 Å². The SMILES string of the molecule is CSC1=C(SC)SC(=C2SC3=C(S2)SC(=C2SC4=C(S2)SC2COCC2S4)S3)S1. The highest BCUT2D eigenvalue weighted by molar-refractivity contribution is 8.51. The van der Waals surface area contributed by atoms with E-state index >= 15 is 0 Å². The van der Waals surface area contributed by atoms with Crippen molar-refractivity contribution in [2.45, 2.75) is 10.5 Å². The van der Waals surface area contributed by atoms with Gasteiger partial charge in [-0.25, -0.2) is 0 Å². The topological polar surface area (TPSA) is 9.23 Å². The van der Waals surface area contributed by atoms with Crippen LogP contribution < -0.4 is 0 Å². The molecule has 0 bridgehead atoms. The van der Waals surface area contributed by atoms with Crippen molar-refractivity contribution in [2.75, 3.05) is 25.7 Å². The lowest BCUT2D eigenvalue weighted by molar-refractivity contribution is 0.200. The molecule has 0 aromatic heterocycles. The van der Waals surface area contributed by atoms with E-state index < -0.39 is 0 Å². The summed E-state index contributed by atoms with van der Waals surface area (Å²) in [6.45, 7) is 1.84. The van der Waals surface area contributed by atoms with Gasteiger partial charge in [-0.05, 0) is 12.5 Å². The summed E-state index contributed by atoms with van der Waals surface area (Å²) in [4.78, 5) is 0. The van der Waals surface area contributed by atoms with Crippen molar-refractivity contribution >= 4 is 141 Å². The van der Waals surface area contributed by atoms with Crippen molar-refractivity contribution in [3.8, 4) is 0 Å². The second-order valence-corrected chi connectivity index (χ2v) is 20.8. The van der Waals surface area contributed by atoms with Crippen molar-refractivity contribution in [1.82, 2.24) is 0 Å². The summed E-state index contributed by atoms with van der Waals surface area (Å²) in [6.07, 6.45) is 4.37. The Kier molecular flexibility index (Phi) is 7.30. The van der Waals surface area contributed by atoms with Gasteiger partial charge in [0.15, 0.2) is 0 Å². The maximum absolute atomic E-state index is 5.68. The first-order valence-corrected chi connectivity index (χ1v) is 19.1. The molecule has 0 aliphatic carbocycles. The van der Waals surface area contributed by atoms with Crippen LogP contribution >= 0.6 is 141 Å². The zero-order valence-electron chi connectivity index (χ0n) is 14.9. The first-order valence-electron chi connectivity index (χ1n) is 8.35. The van der Waals surface area contributed by atoms with Gasteiger partial charge in [0.2, 0.25) is 0 Å². The number of hydrogen-bond acceptors (Lipinski definition) is 13. The molecule has 6 rings (SSSR count). The first kappa shape index (κ1) is 22.3. The van der Waals surface area contributed by atoms with E-state index in [1.165, 1.54) is 42.4 Å². The van der Waals surface area contributed by atoms with Crippen molar-refractivity contribution < 1.29 is 4.74 Å². The fourth-order valence-corrected chi connectivity index (χ4v) is 21.4. The largest absolute Gasteiger partial charge is 0.379 e. The Morgan fingerprint density at radius 1 is 0.552 bits per heavy atom. The second kappa shape index (κ2) is 9.49. The summed E-state index contributed by atoms with van der Waals surface area (Å²) >= 11 is 23.8. The third kappa shape index (κ3) is 4.35. The summed E-state index contributed by atoms with van der Waals surface area (Å²) < 4.78 is 20.6. The minimum absolute atomic E-state index is 0.649. The number of ether oxygens (including phenoxy) is 1. The normalized spacial score (nSPS) is 31.7. The zero-order chi connectivity index (χ0) is 19.5. The maximum Gasteiger partial charge on any atom is 0.0718 e. The molecule has 0 N–H and O–H groups in total. The molecule has 0 radical (unpaired) electrons. The molecule has 154 valence electrons. The van der Waals surface area contributed by atoms with E-state index in [4.69, 9.17) is 4.74 Å². The molecular weight excluding hydrogens is 593 g/mol. The number of rotatable bonds is 2. The van der Waals surface area contributed by atoms with Gasteiger partial charge in [-0.15, -0.1) is 47.0 Å². The van der Waals surface area contributed by atoms with Crippen LogP contribution in [0.15, 0.2) is 42.4 Å². The van der Waals surface area contributed by atoms with Gasteiger partial charge < -0.3 is 4.74 Å². The van der Waals surface area contributed by atoms with Gasteiger partial charge in [0, 0.05) is 10.5 Å². The van der Waals surface area contributed by atoms with Gasteiger partial charge in [-0.2, -0.15) is 0 Å². The molecule has 2 atom stereocenters. The van der Waals surface area contributed by atoms with Gasteiger partial charge in [0.05, 0.1) is 55.6 Å². The third-order valence-corrected chi connectivity index (χ3v) is 22.3. The van der Waals surface area contributed by atoms with Gasteiger partial charge in [-0.1, -0.05) is 94.1 Å². The van der Waals surface area contributed by atoms with Crippen LogP contribution in [0.3, 0.4) is 0 Å². The predicted molar refractivity (Wildman–Crippen MR) is 156 cm³/mol. The summed E-state index contributed by atoms with van der Waals surface area (Å²) in [5.74, 6) is 0. The predicted octanol–water partition coefficient (Wildman–Crippen LogP) is 9.51. The Hall–Kier alpha value is 2.86. The fourth-order valence-electron chi connectivity index (χ4n) is 2.87. The Morgan fingerprint density at radius 3 is 1.28 bits per heavy atom. The van der Waals surface area contributed by atoms with Gasteiger partial charge in [0.1, 0.15) is 0 Å². The van der Waals surface area contributed by atoms with Crippen LogP contribution in [0.2, 0.25) is 0 Å². The molecule has 29 heavy (non-hydrogen) atoms. The second-order valence-electron chi connectivity index (χ2n) is 5.95. The molecule has 2 unspecified atom stereocenters. The smallest absolute Gasteiger partial charge is 0.0718 e. The van der Waals surface area contributed by atoms with Crippen LogP contribution in [0, 0.1) is 0 Å². The lowest BCUT2D eigenvalue weighted by Gasteiger charge is -2.22. The van der Waals surface area contributed by atoms with Gasteiger partial charge >= 0.3 is 0 Å². The van der Waals surface area contributed by atoms with E-state index in [9.17, 15) is 0 Å². The number of thioether (sulfide) groups is 12. The lowest BCUT2D eigenvalue weighted by Crippen LogP contribution is -2.19. The fraction of sp³-hybridized carbons (Fsp3) is 0.375. The Morgan fingerprint density at radius 2 is 0.897 bits per heavy atom. The third-order valence-electron chi connectivity index (χ3n) is 4.18. The maximum atomic E-state index is 5.68. The lowest BCUT2D eigenvalue weighted by atomic mass is 10.4. The molecule has 0 spiro atoms. The summed E-state index contributed by atoms with van der Waals surface area (Å²) in [5, 5.41) is 1.30. The van der Waals surface area contributed by atoms with E-state index in [1.54, 1.807) is 0 Å². The monoisotopic (exact) mass is 604 g/mol. The standard InChI is InChI=1S/C16H12OS12/c1-18-7-8(19-2)23-11(22-7)12-26-15-16(27-12)29-14(28-15)13-24-9-10(25-13)21-6-4-17-3-5(6)20-9/h5-6H,3-4H2,1-2H3. The minimum Gasteiger partial charge on any atom is -0.379 e. The Labute approximate surface area is 221 Å². The van der Waals surface area contributed by atoms with E-state index in [0.29, 0.717) is 10.5 Å². The van der Waals surface area contributed by atoms with Crippen LogP contribution in [0.1, 0.15) is 0 Å². The van der Waals surface area contributed by atoms with Crippen LogP contribution in [-0.4, -0.2) is 36.2 Å². The summed E-state index contributed by atoms with van der Waals surface area (Å²) in [5.41, 5.74) is 0. The molecule has 0 amide bonds. The molecule has 0 aromatic carbocycles. The Balaban J connectivity index is 1.13. The molecule has 0 aromatic rings. The van der Waals surface area contributed by atoms with Crippen molar-refractivity contribution in [2.24, 2.45) is 0 Å². The van der Waals surface area contributed by atoms with Crippen molar-refractivity contribution in [3.63, 3.8) is 0 Å². The van der Waals surface area contributed by atoms with Crippen LogP contribution in [0.25, 0.3) is 0 Å². The average molecular weight is 605 g/mol. The molecule has 1 nitrogen and oxygen atoms in total. The zero-order valence-corrected chi connectivity index (χ0v) is 24.7. The molecule has 1 fully saturated rings. The summed E-state index contributed by atoms with van der Waals surface area (Å²) in [6, 6.07) is 0. The molecular formula is C16H12OS12. The molecule has 13 heteroatoms. The molecule has 1 saturated heterocycles. The Bertz CT molecular complexity index is 878. The van der Waals surface area contributed by atoms with Crippen LogP contribution in [0.5, 0.6) is 0 Å². The van der Waals surface area contributed by atoms with Crippen molar-refractivity contribution in [1.29, 1.82) is 0 Å². The van der Waals surface area contributed by atoms with Gasteiger partial charge in [0.25, 0.3) is 0 Å². The quantitative estimate of drug-likeness (QED) is 0.296.